The SMILES string of the molecule is [2H]C1([2H])CN(S(=O)(=O)C([2H])([2H])[2H])CC([2H])([2H])C1Nc1ncc2ccc(=O)n([C@@H]3CCC[C@@]3(C)O)c2n1. The Morgan fingerprint density at radius 1 is 1.38 bits per heavy atom. The molecule has 10 heteroatoms. The number of nitrogens with one attached hydrogen (secondary N) is 1. The van der Waals surface area contributed by atoms with Crippen LogP contribution in [0.1, 0.15) is 54.6 Å². The molecule has 0 spiro atoms. The Labute approximate surface area is 179 Å². The van der Waals surface area contributed by atoms with Crippen LogP contribution in [0.15, 0.2) is 23.1 Å². The predicted molar refractivity (Wildman–Crippen MR) is 110 cm³/mol. The first-order valence-electron chi connectivity index (χ1n) is 12.7. The van der Waals surface area contributed by atoms with Crippen molar-refractivity contribution in [1.29, 1.82) is 0 Å². The van der Waals surface area contributed by atoms with E-state index in [-0.39, 0.29) is 11.6 Å². The second-order valence-electron chi connectivity index (χ2n) is 7.54. The molecule has 0 unspecified atom stereocenters. The Kier molecular flexibility index (Phi) is 3.36. The number of pyridine rings is 1. The zero-order valence-electron chi connectivity index (χ0n) is 22.8. The highest BCUT2D eigenvalue weighted by Crippen LogP contribution is 2.39. The minimum atomic E-state index is -4.97. The number of sulfonamides is 1. The van der Waals surface area contributed by atoms with Crippen molar-refractivity contribution in [2.45, 2.75) is 56.6 Å². The highest BCUT2D eigenvalue weighted by molar-refractivity contribution is 7.88. The Morgan fingerprint density at radius 2 is 2.14 bits per heavy atom. The zero-order chi connectivity index (χ0) is 26.9. The fraction of sp³-hybridized carbons (Fsp3) is 0.632. The maximum Gasteiger partial charge on any atom is 0.252 e. The molecule has 2 aromatic heterocycles. The molecule has 0 amide bonds. The monoisotopic (exact) mass is 428 g/mol. The first-order chi connectivity index (χ1) is 16.4. The summed E-state index contributed by atoms with van der Waals surface area (Å²) in [5.74, 6) is -0.204. The standard InChI is InChI=1S/C19H27N5O4S/c1-19(26)9-3-4-15(19)24-16(25)6-5-13-12-20-18(22-17(13)24)21-14-7-10-23(11-8-14)29(2,27)28/h5-6,12,14-15,26H,3-4,7-11H2,1-2H3,(H,20,21,22)/t15-,19-/m1/s1/i2D3,7D2,8D2. The van der Waals surface area contributed by atoms with E-state index in [1.165, 1.54) is 22.9 Å². The molecular formula is C19H27N5O4S. The Balaban J connectivity index is 1.72. The summed E-state index contributed by atoms with van der Waals surface area (Å²) in [7, 11) is -4.97. The van der Waals surface area contributed by atoms with Gasteiger partial charge < -0.3 is 10.4 Å². The molecule has 2 N–H and O–H groups in total. The maximum absolute atomic E-state index is 12.8. The van der Waals surface area contributed by atoms with E-state index in [1.807, 2.05) is 0 Å². The van der Waals surface area contributed by atoms with Crippen molar-refractivity contribution in [2.75, 3.05) is 24.6 Å². The van der Waals surface area contributed by atoms with Gasteiger partial charge in [-0.1, -0.05) is 0 Å². The number of rotatable bonds is 4. The van der Waals surface area contributed by atoms with Gasteiger partial charge in [-0.05, 0) is 45.0 Å². The Bertz CT molecular complexity index is 1330. The molecule has 1 saturated carbocycles. The average molecular weight is 429 g/mol. The number of hydrogen-bond acceptors (Lipinski definition) is 7. The molecule has 2 aromatic rings. The molecule has 1 aliphatic heterocycles. The summed E-state index contributed by atoms with van der Waals surface area (Å²) in [6.45, 7) is -0.150. The lowest BCUT2D eigenvalue weighted by molar-refractivity contribution is 0.0267. The van der Waals surface area contributed by atoms with E-state index in [4.69, 9.17) is 9.60 Å². The first kappa shape index (κ1) is 13.3. The van der Waals surface area contributed by atoms with Crippen molar-refractivity contribution >= 4 is 27.0 Å². The summed E-state index contributed by atoms with van der Waals surface area (Å²) >= 11 is 0. The molecular weight excluding hydrogens is 394 g/mol. The van der Waals surface area contributed by atoms with Crippen LogP contribution in [0.2, 0.25) is 0 Å². The van der Waals surface area contributed by atoms with Crippen molar-refractivity contribution in [1.82, 2.24) is 18.8 Å². The fourth-order valence-electron chi connectivity index (χ4n) is 3.86. The van der Waals surface area contributed by atoms with Crippen LogP contribution in [0.5, 0.6) is 0 Å². The summed E-state index contributed by atoms with van der Waals surface area (Å²) in [6.07, 6.45) is -5.45. The Hall–Kier alpha value is -2.04. The van der Waals surface area contributed by atoms with Crippen LogP contribution in [0.4, 0.5) is 5.95 Å². The second kappa shape index (κ2) is 7.33. The number of aromatic nitrogens is 3. The number of hydrogen-bond donors (Lipinski definition) is 2. The Morgan fingerprint density at radius 3 is 2.79 bits per heavy atom. The van der Waals surface area contributed by atoms with Gasteiger partial charge in [0.25, 0.3) is 5.56 Å². The van der Waals surface area contributed by atoms with Crippen LogP contribution >= 0.6 is 0 Å². The van der Waals surface area contributed by atoms with Crippen LogP contribution in [-0.4, -0.2) is 63.3 Å². The molecule has 3 heterocycles. The molecule has 4 rings (SSSR count). The van der Waals surface area contributed by atoms with E-state index in [0.717, 1.165) is 0 Å². The minimum Gasteiger partial charge on any atom is -0.388 e. The van der Waals surface area contributed by atoms with Crippen LogP contribution in [0.25, 0.3) is 11.0 Å². The van der Waals surface area contributed by atoms with E-state index in [1.54, 1.807) is 6.92 Å². The average Bonchev–Trinajstić information content (AvgIpc) is 3.07. The van der Waals surface area contributed by atoms with E-state index in [0.29, 0.717) is 29.0 Å². The molecule has 0 aromatic carbocycles. The topological polar surface area (TPSA) is 117 Å². The van der Waals surface area contributed by atoms with Gasteiger partial charge in [0.1, 0.15) is 5.65 Å². The van der Waals surface area contributed by atoms with E-state index in [9.17, 15) is 18.3 Å². The summed E-state index contributed by atoms with van der Waals surface area (Å²) in [5.41, 5.74) is -1.36. The van der Waals surface area contributed by atoms with Crippen molar-refractivity contribution in [2.24, 2.45) is 0 Å². The highest BCUT2D eigenvalue weighted by Gasteiger charge is 2.39. The molecule has 9 nitrogen and oxygen atoms in total. The summed E-state index contributed by atoms with van der Waals surface area (Å²) in [4.78, 5) is 21.2. The van der Waals surface area contributed by atoms with Crippen LogP contribution in [0, 0.1) is 0 Å². The lowest BCUT2D eigenvalue weighted by Gasteiger charge is -2.31. The van der Waals surface area contributed by atoms with Crippen molar-refractivity contribution in [3.63, 3.8) is 0 Å². The van der Waals surface area contributed by atoms with E-state index < -0.39 is 65.3 Å². The number of fused-ring (bicyclic) bond motifs is 1. The third kappa shape index (κ3) is 4.01. The van der Waals surface area contributed by atoms with Crippen molar-refractivity contribution in [3.8, 4) is 0 Å². The summed E-state index contributed by atoms with van der Waals surface area (Å²) in [6, 6.07) is 0.649. The molecule has 1 saturated heterocycles. The van der Waals surface area contributed by atoms with Gasteiger partial charge >= 0.3 is 0 Å². The fourth-order valence-corrected chi connectivity index (χ4v) is 4.35. The third-order valence-electron chi connectivity index (χ3n) is 5.41. The zero-order valence-corrected chi connectivity index (χ0v) is 16.6. The van der Waals surface area contributed by atoms with Gasteiger partial charge in [0.15, 0.2) is 0 Å². The van der Waals surface area contributed by atoms with Crippen LogP contribution < -0.4 is 10.9 Å². The largest absolute Gasteiger partial charge is 0.388 e. The molecule has 29 heavy (non-hydrogen) atoms. The molecule has 158 valence electrons. The quantitative estimate of drug-likeness (QED) is 0.749. The lowest BCUT2D eigenvalue weighted by atomic mass is 10.00. The first-order valence-corrected chi connectivity index (χ1v) is 10.7. The smallest absolute Gasteiger partial charge is 0.252 e. The van der Waals surface area contributed by atoms with Crippen molar-refractivity contribution < 1.29 is 23.1 Å². The lowest BCUT2D eigenvalue weighted by Crippen LogP contribution is -2.42. The predicted octanol–water partition coefficient (Wildman–Crippen LogP) is 1.10. The summed E-state index contributed by atoms with van der Waals surface area (Å²) < 4.78 is 81.6. The normalized spacial score (nSPS) is 34.3. The van der Waals surface area contributed by atoms with Crippen molar-refractivity contribution in [3.05, 3.63) is 28.7 Å². The van der Waals surface area contributed by atoms with Gasteiger partial charge in [-0.3, -0.25) is 9.36 Å². The van der Waals surface area contributed by atoms with Gasteiger partial charge in [0.05, 0.1) is 17.8 Å². The molecule has 0 bridgehead atoms. The highest BCUT2D eigenvalue weighted by atomic mass is 32.2. The van der Waals surface area contributed by atoms with Crippen LogP contribution in [0.3, 0.4) is 0 Å². The second-order valence-corrected chi connectivity index (χ2v) is 9.00. The van der Waals surface area contributed by atoms with Gasteiger partial charge in [0.2, 0.25) is 16.0 Å². The number of piperidine rings is 1. The number of anilines is 1. The van der Waals surface area contributed by atoms with Gasteiger partial charge in [-0.15, -0.1) is 0 Å². The minimum absolute atomic E-state index is 0.177. The van der Waals surface area contributed by atoms with Gasteiger partial charge in [-0.25, -0.2) is 17.7 Å². The van der Waals surface area contributed by atoms with Gasteiger partial charge in [0, 0.05) is 46.4 Å². The molecule has 2 fully saturated rings. The molecule has 1 aliphatic carbocycles. The third-order valence-corrected chi connectivity index (χ3v) is 6.35. The van der Waals surface area contributed by atoms with E-state index in [2.05, 4.69) is 15.3 Å². The molecule has 2 atom stereocenters. The number of nitrogens with zero attached hydrogens (tertiary/aromatic N) is 4. The maximum atomic E-state index is 12.8. The van der Waals surface area contributed by atoms with Gasteiger partial charge in [-0.2, -0.15) is 4.98 Å². The molecule has 2 aliphatic rings. The van der Waals surface area contributed by atoms with Crippen LogP contribution in [-0.2, 0) is 10.0 Å². The summed E-state index contributed by atoms with van der Waals surface area (Å²) in [5, 5.41) is 13.9. The number of aliphatic hydroxyl groups is 1. The van der Waals surface area contributed by atoms with E-state index >= 15 is 0 Å². The molecule has 0 radical (unpaired) electrons.